The van der Waals surface area contributed by atoms with E-state index in [1.807, 2.05) is 36.4 Å². The van der Waals surface area contributed by atoms with Gasteiger partial charge in [0.2, 0.25) is 0 Å². The molecule has 1 aliphatic heterocycles. The lowest BCUT2D eigenvalue weighted by atomic mass is 9.87. The maximum absolute atomic E-state index is 8.90. The summed E-state index contributed by atoms with van der Waals surface area (Å²) in [7, 11) is 0. The van der Waals surface area contributed by atoms with Gasteiger partial charge in [-0.15, -0.1) is 0 Å². The van der Waals surface area contributed by atoms with Crippen molar-refractivity contribution in [1.82, 2.24) is 0 Å². The topological polar surface area (TPSA) is 9.23 Å². The first-order valence-corrected chi connectivity index (χ1v) is 15.1. The number of ether oxygens (including phenoxy) is 1. The summed E-state index contributed by atoms with van der Waals surface area (Å²) in [6.45, 7) is 0. The van der Waals surface area contributed by atoms with Crippen LogP contribution in [0.25, 0.3) is 87.6 Å². The molecule has 10 rings (SSSR count). The SMILES string of the molecule is [2H]c1c([2H])c([2H])c(-c2cc(-c3cccc4c3Oc3cccc5cccc-4c35)cc(-c3ccc4ccc5cccc6ccc3c4c56)c2)c([2H])c1[2H]. The fourth-order valence-electron chi connectivity index (χ4n) is 7.28. The largest absolute Gasteiger partial charge is 0.455 e. The van der Waals surface area contributed by atoms with Gasteiger partial charge < -0.3 is 4.74 Å². The summed E-state index contributed by atoms with van der Waals surface area (Å²) in [6, 6.07) is 42.2. The molecule has 0 amide bonds. The summed E-state index contributed by atoms with van der Waals surface area (Å²) in [5.74, 6) is 1.50. The van der Waals surface area contributed by atoms with Crippen LogP contribution in [0.3, 0.4) is 0 Å². The van der Waals surface area contributed by atoms with Crippen LogP contribution in [0, 0.1) is 0 Å². The average molecular weight is 576 g/mol. The van der Waals surface area contributed by atoms with Gasteiger partial charge in [0.25, 0.3) is 0 Å². The minimum absolute atomic E-state index is 0.164. The van der Waals surface area contributed by atoms with Crippen molar-refractivity contribution >= 4 is 43.1 Å². The second kappa shape index (κ2) is 9.29. The summed E-state index contributed by atoms with van der Waals surface area (Å²) < 4.78 is 49.7. The quantitative estimate of drug-likeness (QED) is 0.190. The molecule has 0 saturated heterocycles. The van der Waals surface area contributed by atoms with Gasteiger partial charge in [0.05, 0.1) is 6.85 Å². The Kier molecular flexibility index (Phi) is 4.15. The molecule has 0 aliphatic carbocycles. The van der Waals surface area contributed by atoms with Gasteiger partial charge in [0, 0.05) is 16.5 Å². The highest BCUT2D eigenvalue weighted by Crippen LogP contribution is 2.51. The standard InChI is InChI=1S/C44H26O/c1-2-8-27(9-3-1)32-24-33(35-22-20-31-19-18-29-10-4-11-30-21-23-38(35)43(31)41(29)30)26-34(25-32)36-14-7-16-39-37-15-5-12-28-13-6-17-40(42(28)37)45-44(36)39/h1-26H/i1D,2D,3D,8D,9D. The van der Waals surface area contributed by atoms with E-state index >= 15 is 0 Å². The van der Waals surface area contributed by atoms with E-state index in [1.165, 1.54) is 21.5 Å². The lowest BCUT2D eigenvalue weighted by Gasteiger charge is -2.24. The van der Waals surface area contributed by atoms with Crippen LogP contribution in [0.5, 0.6) is 11.5 Å². The van der Waals surface area contributed by atoms with Crippen LogP contribution in [0.4, 0.5) is 0 Å². The molecule has 45 heavy (non-hydrogen) atoms. The molecule has 0 radical (unpaired) electrons. The Morgan fingerprint density at radius 1 is 0.400 bits per heavy atom. The van der Waals surface area contributed by atoms with Gasteiger partial charge in [-0.25, -0.2) is 0 Å². The fraction of sp³-hybridized carbons (Fsp3) is 0. The van der Waals surface area contributed by atoms with E-state index in [2.05, 4.69) is 91.0 Å². The van der Waals surface area contributed by atoms with E-state index in [9.17, 15) is 0 Å². The van der Waals surface area contributed by atoms with Gasteiger partial charge in [-0.2, -0.15) is 0 Å². The van der Waals surface area contributed by atoms with Gasteiger partial charge in [-0.05, 0) is 95.3 Å². The average Bonchev–Trinajstić information content (AvgIpc) is 3.15. The minimum atomic E-state index is -0.412. The first-order valence-electron chi connectivity index (χ1n) is 17.6. The zero-order chi connectivity index (χ0) is 33.8. The predicted molar refractivity (Wildman–Crippen MR) is 189 cm³/mol. The summed E-state index contributed by atoms with van der Waals surface area (Å²) in [5.41, 5.74) is 6.30. The summed E-state index contributed by atoms with van der Waals surface area (Å²) in [5, 5.41) is 9.15. The Morgan fingerprint density at radius 3 is 1.80 bits per heavy atom. The van der Waals surface area contributed by atoms with Crippen LogP contribution in [0.15, 0.2) is 158 Å². The summed E-state index contributed by atoms with van der Waals surface area (Å²) in [6.07, 6.45) is 0. The molecular formula is C44H26O. The first-order chi connectivity index (χ1) is 24.4. The zero-order valence-electron chi connectivity index (χ0n) is 29.0. The van der Waals surface area contributed by atoms with Crippen LogP contribution in [-0.2, 0) is 0 Å². The Hall–Kier alpha value is -5.92. The molecule has 9 aromatic carbocycles. The van der Waals surface area contributed by atoms with Crippen LogP contribution in [0.1, 0.15) is 6.85 Å². The van der Waals surface area contributed by atoms with Gasteiger partial charge in [0.15, 0.2) is 0 Å². The molecule has 0 atom stereocenters. The molecule has 1 heterocycles. The maximum Gasteiger partial charge on any atom is 0.143 e. The third kappa shape index (κ3) is 3.62. The molecular weight excluding hydrogens is 544 g/mol. The molecule has 208 valence electrons. The van der Waals surface area contributed by atoms with Crippen molar-refractivity contribution in [2.75, 3.05) is 0 Å². The van der Waals surface area contributed by atoms with Crippen molar-refractivity contribution < 1.29 is 11.6 Å². The number of hydrogen-bond donors (Lipinski definition) is 0. The highest BCUT2D eigenvalue weighted by Gasteiger charge is 2.23. The smallest absolute Gasteiger partial charge is 0.143 e. The molecule has 0 unspecified atom stereocenters. The molecule has 0 saturated carbocycles. The van der Waals surface area contributed by atoms with Crippen LogP contribution in [0.2, 0.25) is 0 Å². The first kappa shape index (κ1) is 20.1. The Morgan fingerprint density at radius 2 is 0.978 bits per heavy atom. The van der Waals surface area contributed by atoms with Crippen molar-refractivity contribution in [2.24, 2.45) is 0 Å². The second-order valence-electron chi connectivity index (χ2n) is 11.7. The molecule has 0 fully saturated rings. The summed E-state index contributed by atoms with van der Waals surface area (Å²) >= 11 is 0. The Bertz CT molecular complexity index is 2860. The number of rotatable bonds is 3. The van der Waals surface area contributed by atoms with Gasteiger partial charge in [0.1, 0.15) is 11.5 Å². The molecule has 0 bridgehead atoms. The molecule has 0 N–H and O–H groups in total. The predicted octanol–water partition coefficient (Wildman–Crippen LogP) is 12.5. The number of hydrogen-bond acceptors (Lipinski definition) is 1. The second-order valence-corrected chi connectivity index (χ2v) is 11.7. The lowest BCUT2D eigenvalue weighted by Crippen LogP contribution is -1.99. The summed E-state index contributed by atoms with van der Waals surface area (Å²) in [4.78, 5) is 0. The fourth-order valence-corrected chi connectivity index (χ4v) is 7.28. The highest BCUT2D eigenvalue weighted by atomic mass is 16.5. The zero-order valence-corrected chi connectivity index (χ0v) is 24.0. The van der Waals surface area contributed by atoms with E-state index < -0.39 is 6.04 Å². The molecule has 1 nitrogen and oxygen atoms in total. The van der Waals surface area contributed by atoms with Gasteiger partial charge >= 0.3 is 0 Å². The van der Waals surface area contributed by atoms with E-state index in [0.717, 1.165) is 66.4 Å². The van der Waals surface area contributed by atoms with Crippen molar-refractivity contribution in [2.45, 2.75) is 0 Å². The van der Waals surface area contributed by atoms with Crippen molar-refractivity contribution in [3.8, 4) is 56.0 Å². The molecule has 0 aromatic heterocycles. The Labute approximate surface area is 267 Å². The molecule has 9 aromatic rings. The van der Waals surface area contributed by atoms with Gasteiger partial charge in [-0.1, -0.05) is 133 Å². The van der Waals surface area contributed by atoms with E-state index in [4.69, 9.17) is 11.6 Å². The normalized spacial score (nSPS) is 13.7. The monoisotopic (exact) mass is 575 g/mol. The van der Waals surface area contributed by atoms with Crippen molar-refractivity contribution in [3.63, 3.8) is 0 Å². The number of para-hydroxylation sites is 1. The van der Waals surface area contributed by atoms with Gasteiger partial charge in [-0.3, -0.25) is 0 Å². The van der Waals surface area contributed by atoms with E-state index in [0.29, 0.717) is 5.56 Å². The molecule has 1 aliphatic rings. The van der Waals surface area contributed by atoms with Crippen LogP contribution < -0.4 is 4.74 Å². The number of benzene rings is 9. The maximum atomic E-state index is 8.90. The third-order valence-corrected chi connectivity index (χ3v) is 9.26. The highest BCUT2D eigenvalue weighted by molar-refractivity contribution is 6.25. The van der Waals surface area contributed by atoms with Crippen molar-refractivity contribution in [1.29, 1.82) is 0 Å². The number of fused-ring (bicyclic) bond motifs is 2. The third-order valence-electron chi connectivity index (χ3n) is 9.26. The molecule has 0 spiro atoms. The minimum Gasteiger partial charge on any atom is -0.455 e. The molecule has 1 heteroatoms. The van der Waals surface area contributed by atoms with Crippen LogP contribution >= 0.6 is 0 Å². The van der Waals surface area contributed by atoms with Crippen molar-refractivity contribution in [3.05, 3.63) is 158 Å². The lowest BCUT2D eigenvalue weighted by molar-refractivity contribution is 0.489. The van der Waals surface area contributed by atoms with E-state index in [-0.39, 0.29) is 29.7 Å². The Balaban J connectivity index is 1.28. The van der Waals surface area contributed by atoms with Crippen LogP contribution in [-0.4, -0.2) is 0 Å². The van der Waals surface area contributed by atoms with E-state index in [1.54, 1.807) is 0 Å².